The minimum atomic E-state index is 0.201. The van der Waals surface area contributed by atoms with Crippen molar-refractivity contribution in [2.75, 3.05) is 19.7 Å². The molecule has 0 aromatic heterocycles. The van der Waals surface area contributed by atoms with Gasteiger partial charge in [-0.15, -0.1) is 0 Å². The van der Waals surface area contributed by atoms with E-state index in [4.69, 9.17) is 0 Å². The molecule has 76 valence electrons. The molecule has 2 nitrogen and oxygen atoms in total. The normalized spacial score (nSPS) is 20.4. The van der Waals surface area contributed by atoms with E-state index in [2.05, 4.69) is 24.0 Å². The lowest BCUT2D eigenvalue weighted by atomic mass is 9.96. The van der Waals surface area contributed by atoms with Gasteiger partial charge in [0.15, 0.2) is 0 Å². The molecule has 0 radical (unpaired) electrons. The fraction of sp³-hybridized carbons (Fsp3) is 0.500. The summed E-state index contributed by atoms with van der Waals surface area (Å²) >= 11 is 0. The number of hydrogen-bond donors (Lipinski definition) is 1. The van der Waals surface area contributed by atoms with Crippen LogP contribution in [0.4, 0.5) is 0 Å². The third-order valence-corrected chi connectivity index (χ3v) is 2.89. The molecule has 0 amide bonds. The van der Waals surface area contributed by atoms with Gasteiger partial charge in [0.05, 0.1) is 12.6 Å². The SMILES string of the molecule is CC1CN([C@H](CO)c2ccccc2)C1. The van der Waals surface area contributed by atoms with Crippen LogP contribution in [0.3, 0.4) is 0 Å². The van der Waals surface area contributed by atoms with Gasteiger partial charge in [0.2, 0.25) is 0 Å². The van der Waals surface area contributed by atoms with E-state index in [-0.39, 0.29) is 12.6 Å². The van der Waals surface area contributed by atoms with Crippen molar-refractivity contribution >= 4 is 0 Å². The lowest BCUT2D eigenvalue weighted by molar-refractivity contribution is 0.0308. The highest BCUT2D eigenvalue weighted by Gasteiger charge is 2.29. The highest BCUT2D eigenvalue weighted by atomic mass is 16.3. The Morgan fingerprint density at radius 1 is 1.36 bits per heavy atom. The molecule has 1 aromatic rings. The minimum Gasteiger partial charge on any atom is -0.394 e. The Morgan fingerprint density at radius 3 is 2.50 bits per heavy atom. The first kappa shape index (κ1) is 9.69. The number of benzene rings is 1. The Labute approximate surface area is 85.2 Å². The van der Waals surface area contributed by atoms with Crippen LogP contribution in [0.2, 0.25) is 0 Å². The van der Waals surface area contributed by atoms with Crippen molar-refractivity contribution in [2.45, 2.75) is 13.0 Å². The van der Waals surface area contributed by atoms with Gasteiger partial charge in [-0.3, -0.25) is 4.90 Å². The largest absolute Gasteiger partial charge is 0.394 e. The van der Waals surface area contributed by atoms with Crippen LogP contribution in [-0.2, 0) is 0 Å². The molecule has 1 aliphatic rings. The van der Waals surface area contributed by atoms with E-state index >= 15 is 0 Å². The summed E-state index contributed by atoms with van der Waals surface area (Å²) in [5, 5.41) is 9.36. The molecule has 0 bridgehead atoms. The lowest BCUT2D eigenvalue weighted by Crippen LogP contribution is -2.48. The van der Waals surface area contributed by atoms with E-state index in [1.54, 1.807) is 0 Å². The van der Waals surface area contributed by atoms with E-state index in [0.717, 1.165) is 19.0 Å². The average Bonchev–Trinajstić information content (AvgIpc) is 2.18. The Morgan fingerprint density at radius 2 is 2.00 bits per heavy atom. The molecule has 2 rings (SSSR count). The third kappa shape index (κ3) is 1.81. The molecule has 1 aromatic carbocycles. The number of aliphatic hydroxyl groups is 1. The summed E-state index contributed by atoms with van der Waals surface area (Å²) in [6, 6.07) is 10.4. The summed E-state index contributed by atoms with van der Waals surface area (Å²) < 4.78 is 0. The third-order valence-electron chi connectivity index (χ3n) is 2.89. The zero-order valence-electron chi connectivity index (χ0n) is 8.56. The van der Waals surface area contributed by atoms with E-state index in [0.29, 0.717) is 0 Å². The fourth-order valence-corrected chi connectivity index (χ4v) is 2.11. The number of rotatable bonds is 3. The molecule has 1 heterocycles. The van der Waals surface area contributed by atoms with Gasteiger partial charge in [-0.1, -0.05) is 37.3 Å². The summed E-state index contributed by atoms with van der Waals surface area (Å²) in [5.74, 6) is 0.785. The number of hydrogen-bond acceptors (Lipinski definition) is 2. The molecule has 1 atom stereocenters. The zero-order chi connectivity index (χ0) is 9.97. The van der Waals surface area contributed by atoms with Crippen molar-refractivity contribution in [3.8, 4) is 0 Å². The van der Waals surface area contributed by atoms with Crippen molar-refractivity contribution in [3.05, 3.63) is 35.9 Å². The van der Waals surface area contributed by atoms with Crippen LogP contribution >= 0.6 is 0 Å². The quantitative estimate of drug-likeness (QED) is 0.785. The maximum Gasteiger partial charge on any atom is 0.0628 e. The van der Waals surface area contributed by atoms with Gasteiger partial charge in [0.25, 0.3) is 0 Å². The van der Waals surface area contributed by atoms with Crippen LogP contribution in [-0.4, -0.2) is 29.7 Å². The number of aliphatic hydroxyl groups excluding tert-OH is 1. The average molecular weight is 191 g/mol. The molecule has 0 unspecified atom stereocenters. The van der Waals surface area contributed by atoms with Crippen LogP contribution in [0.5, 0.6) is 0 Å². The maximum atomic E-state index is 9.36. The smallest absolute Gasteiger partial charge is 0.0628 e. The van der Waals surface area contributed by atoms with Crippen LogP contribution in [0.1, 0.15) is 18.5 Å². The van der Waals surface area contributed by atoms with Crippen molar-refractivity contribution in [2.24, 2.45) is 5.92 Å². The van der Waals surface area contributed by atoms with E-state index in [1.807, 2.05) is 18.2 Å². The highest BCUT2D eigenvalue weighted by Crippen LogP contribution is 2.27. The summed E-state index contributed by atoms with van der Waals surface area (Å²) in [6.45, 7) is 4.69. The predicted molar refractivity (Wildman–Crippen MR) is 57.0 cm³/mol. The molecule has 1 fully saturated rings. The van der Waals surface area contributed by atoms with Gasteiger partial charge in [-0.2, -0.15) is 0 Å². The summed E-state index contributed by atoms with van der Waals surface area (Å²) in [7, 11) is 0. The summed E-state index contributed by atoms with van der Waals surface area (Å²) in [6.07, 6.45) is 0. The van der Waals surface area contributed by atoms with E-state index < -0.39 is 0 Å². The maximum absolute atomic E-state index is 9.36. The van der Waals surface area contributed by atoms with Crippen LogP contribution < -0.4 is 0 Å². The summed E-state index contributed by atoms with van der Waals surface area (Å²) in [5.41, 5.74) is 1.22. The van der Waals surface area contributed by atoms with Crippen LogP contribution in [0.15, 0.2) is 30.3 Å². The second-order valence-electron chi connectivity index (χ2n) is 4.17. The first-order valence-corrected chi connectivity index (χ1v) is 5.21. The molecule has 0 spiro atoms. The second kappa shape index (κ2) is 4.11. The molecule has 1 N–H and O–H groups in total. The summed E-state index contributed by atoms with van der Waals surface area (Å²) in [4.78, 5) is 2.33. The Bertz CT molecular complexity index is 280. The molecule has 0 aliphatic carbocycles. The molecule has 1 saturated heterocycles. The van der Waals surface area contributed by atoms with Crippen LogP contribution in [0.25, 0.3) is 0 Å². The van der Waals surface area contributed by atoms with E-state index in [1.165, 1.54) is 5.56 Å². The zero-order valence-corrected chi connectivity index (χ0v) is 8.56. The molecule has 1 aliphatic heterocycles. The molecular formula is C12H17NO. The van der Waals surface area contributed by atoms with Gasteiger partial charge in [-0.25, -0.2) is 0 Å². The first-order chi connectivity index (χ1) is 6.81. The Kier molecular flexibility index (Phi) is 2.85. The fourth-order valence-electron chi connectivity index (χ4n) is 2.11. The number of nitrogens with zero attached hydrogens (tertiary/aromatic N) is 1. The van der Waals surface area contributed by atoms with E-state index in [9.17, 15) is 5.11 Å². The molecular weight excluding hydrogens is 174 g/mol. The second-order valence-corrected chi connectivity index (χ2v) is 4.17. The Balaban J connectivity index is 2.07. The Hall–Kier alpha value is -0.860. The van der Waals surface area contributed by atoms with Crippen molar-refractivity contribution < 1.29 is 5.11 Å². The minimum absolute atomic E-state index is 0.201. The van der Waals surface area contributed by atoms with Gasteiger partial charge in [0, 0.05) is 13.1 Å². The van der Waals surface area contributed by atoms with Gasteiger partial charge in [-0.05, 0) is 11.5 Å². The van der Waals surface area contributed by atoms with Gasteiger partial charge >= 0.3 is 0 Å². The van der Waals surface area contributed by atoms with Crippen molar-refractivity contribution in [1.29, 1.82) is 0 Å². The van der Waals surface area contributed by atoms with Crippen LogP contribution in [0, 0.1) is 5.92 Å². The standard InChI is InChI=1S/C12H17NO/c1-10-7-13(8-10)12(9-14)11-5-3-2-4-6-11/h2-6,10,12,14H,7-9H2,1H3/t12-/m1/s1. The van der Waals surface area contributed by atoms with Gasteiger partial charge in [0.1, 0.15) is 0 Å². The molecule has 14 heavy (non-hydrogen) atoms. The predicted octanol–water partition coefficient (Wildman–Crippen LogP) is 1.67. The first-order valence-electron chi connectivity index (χ1n) is 5.21. The monoisotopic (exact) mass is 191 g/mol. The molecule has 2 heteroatoms. The number of likely N-dealkylation sites (tertiary alicyclic amines) is 1. The lowest BCUT2D eigenvalue weighted by Gasteiger charge is -2.42. The van der Waals surface area contributed by atoms with Crippen molar-refractivity contribution in [3.63, 3.8) is 0 Å². The van der Waals surface area contributed by atoms with Gasteiger partial charge < -0.3 is 5.11 Å². The molecule has 0 saturated carbocycles. The topological polar surface area (TPSA) is 23.5 Å². The van der Waals surface area contributed by atoms with Crippen molar-refractivity contribution in [1.82, 2.24) is 4.90 Å². The highest BCUT2D eigenvalue weighted by molar-refractivity contribution is 5.19.